The molecule has 0 aliphatic heterocycles. The van der Waals surface area contributed by atoms with Crippen LogP contribution in [0.15, 0.2) is 18.2 Å². The van der Waals surface area contributed by atoms with E-state index in [2.05, 4.69) is 12.2 Å². The molecule has 0 spiro atoms. The molecule has 0 amide bonds. The van der Waals surface area contributed by atoms with Crippen molar-refractivity contribution in [1.29, 1.82) is 0 Å². The first kappa shape index (κ1) is 14.1. The quantitative estimate of drug-likeness (QED) is 0.795. The number of ether oxygens (including phenoxy) is 1. The van der Waals surface area contributed by atoms with Crippen molar-refractivity contribution in [2.45, 2.75) is 32.4 Å². The first-order valence-corrected chi connectivity index (χ1v) is 5.83. The van der Waals surface area contributed by atoms with Crippen LogP contribution in [0, 0.1) is 11.6 Å². The van der Waals surface area contributed by atoms with Crippen molar-refractivity contribution in [3.63, 3.8) is 0 Å². The number of hydrogen-bond donors (Lipinski definition) is 1. The van der Waals surface area contributed by atoms with Gasteiger partial charge in [0.2, 0.25) is 0 Å². The fourth-order valence-electron chi connectivity index (χ4n) is 1.71. The molecule has 0 aliphatic carbocycles. The van der Waals surface area contributed by atoms with Crippen LogP contribution < -0.4 is 5.32 Å². The van der Waals surface area contributed by atoms with E-state index >= 15 is 0 Å². The van der Waals surface area contributed by atoms with Crippen LogP contribution in [0.5, 0.6) is 0 Å². The monoisotopic (exact) mass is 243 g/mol. The lowest BCUT2D eigenvalue weighted by Gasteiger charge is -2.17. The van der Waals surface area contributed by atoms with E-state index in [-0.39, 0.29) is 6.04 Å². The Balaban J connectivity index is 2.49. The fourth-order valence-corrected chi connectivity index (χ4v) is 1.71. The minimum atomic E-state index is -0.809. The summed E-state index contributed by atoms with van der Waals surface area (Å²) in [6.45, 7) is 3.24. The van der Waals surface area contributed by atoms with Gasteiger partial charge >= 0.3 is 0 Å². The highest BCUT2D eigenvalue weighted by molar-refractivity contribution is 5.17. The Labute approximate surface area is 101 Å². The van der Waals surface area contributed by atoms with E-state index in [0.717, 1.165) is 24.5 Å². The average Bonchev–Trinajstić information content (AvgIpc) is 2.31. The Morgan fingerprint density at radius 1 is 1.29 bits per heavy atom. The van der Waals surface area contributed by atoms with Gasteiger partial charge in [-0.15, -0.1) is 0 Å². The maximum atomic E-state index is 13.0. The molecule has 1 rings (SSSR count). The summed E-state index contributed by atoms with van der Waals surface area (Å²) >= 11 is 0. The van der Waals surface area contributed by atoms with Crippen molar-refractivity contribution in [1.82, 2.24) is 5.32 Å². The van der Waals surface area contributed by atoms with Crippen LogP contribution in [-0.2, 0) is 11.3 Å². The van der Waals surface area contributed by atoms with Gasteiger partial charge < -0.3 is 10.1 Å². The van der Waals surface area contributed by atoms with Crippen LogP contribution in [0.4, 0.5) is 8.78 Å². The van der Waals surface area contributed by atoms with E-state index in [0.29, 0.717) is 13.2 Å². The van der Waals surface area contributed by atoms with Gasteiger partial charge in [0.25, 0.3) is 0 Å². The van der Waals surface area contributed by atoms with Gasteiger partial charge in [0.15, 0.2) is 11.6 Å². The van der Waals surface area contributed by atoms with Crippen molar-refractivity contribution in [3.05, 3.63) is 35.4 Å². The molecule has 0 bridgehead atoms. The van der Waals surface area contributed by atoms with E-state index in [4.69, 9.17) is 4.74 Å². The van der Waals surface area contributed by atoms with Crippen molar-refractivity contribution in [2.75, 3.05) is 13.7 Å². The van der Waals surface area contributed by atoms with Crippen molar-refractivity contribution < 1.29 is 13.5 Å². The number of halogens is 2. The van der Waals surface area contributed by atoms with Crippen LogP contribution in [0.3, 0.4) is 0 Å². The van der Waals surface area contributed by atoms with E-state index in [9.17, 15) is 8.78 Å². The predicted octanol–water partition coefficient (Wildman–Crippen LogP) is 2.87. The highest BCUT2D eigenvalue weighted by Crippen LogP contribution is 2.09. The van der Waals surface area contributed by atoms with Gasteiger partial charge in [-0.2, -0.15) is 0 Å². The first-order valence-electron chi connectivity index (χ1n) is 5.83. The van der Waals surface area contributed by atoms with E-state index in [1.807, 2.05) is 0 Å². The third-order valence-electron chi connectivity index (χ3n) is 2.58. The molecule has 1 atom stereocenters. The zero-order valence-corrected chi connectivity index (χ0v) is 10.3. The number of nitrogens with one attached hydrogen (secondary N) is 1. The second-order valence-electron chi connectivity index (χ2n) is 4.07. The Morgan fingerprint density at radius 3 is 2.65 bits per heavy atom. The Kier molecular flexibility index (Phi) is 6.08. The predicted molar refractivity (Wildman–Crippen MR) is 63.8 cm³/mol. The molecule has 2 nitrogen and oxygen atoms in total. The summed E-state index contributed by atoms with van der Waals surface area (Å²) in [7, 11) is 1.65. The van der Waals surface area contributed by atoms with Crippen LogP contribution in [0.25, 0.3) is 0 Å². The molecular formula is C13H19F2NO. The summed E-state index contributed by atoms with van der Waals surface area (Å²) in [5.41, 5.74) is 0.737. The molecule has 0 aliphatic rings. The van der Waals surface area contributed by atoms with Gasteiger partial charge in [0.1, 0.15) is 0 Å². The molecule has 1 aromatic carbocycles. The molecule has 1 aromatic rings. The summed E-state index contributed by atoms with van der Waals surface area (Å²) < 4.78 is 30.8. The molecule has 96 valence electrons. The zero-order valence-electron chi connectivity index (χ0n) is 10.3. The molecule has 1 N–H and O–H groups in total. The van der Waals surface area contributed by atoms with Crippen molar-refractivity contribution >= 4 is 0 Å². The SMILES string of the molecule is CCCC(COC)NCc1ccc(F)c(F)c1. The lowest BCUT2D eigenvalue weighted by Crippen LogP contribution is -2.32. The number of methoxy groups -OCH3 is 1. The molecule has 0 saturated heterocycles. The first-order chi connectivity index (χ1) is 8.17. The lowest BCUT2D eigenvalue weighted by molar-refractivity contribution is 0.161. The molecule has 4 heteroatoms. The Morgan fingerprint density at radius 2 is 2.06 bits per heavy atom. The topological polar surface area (TPSA) is 21.3 Å². The summed E-state index contributed by atoms with van der Waals surface area (Å²) in [6.07, 6.45) is 2.05. The molecule has 17 heavy (non-hydrogen) atoms. The highest BCUT2D eigenvalue weighted by atomic mass is 19.2. The minimum absolute atomic E-state index is 0.248. The van der Waals surface area contributed by atoms with E-state index in [1.165, 1.54) is 6.07 Å². The van der Waals surface area contributed by atoms with E-state index < -0.39 is 11.6 Å². The van der Waals surface area contributed by atoms with Gasteiger partial charge in [-0.25, -0.2) is 8.78 Å². The van der Waals surface area contributed by atoms with Crippen LogP contribution in [-0.4, -0.2) is 19.8 Å². The van der Waals surface area contributed by atoms with Gasteiger partial charge in [-0.1, -0.05) is 19.4 Å². The molecular weight excluding hydrogens is 224 g/mol. The fraction of sp³-hybridized carbons (Fsp3) is 0.538. The minimum Gasteiger partial charge on any atom is -0.383 e. The maximum Gasteiger partial charge on any atom is 0.159 e. The average molecular weight is 243 g/mol. The molecule has 0 aromatic heterocycles. The highest BCUT2D eigenvalue weighted by Gasteiger charge is 2.07. The molecule has 0 saturated carbocycles. The Hall–Kier alpha value is -1.00. The van der Waals surface area contributed by atoms with Crippen molar-refractivity contribution in [3.8, 4) is 0 Å². The number of benzene rings is 1. The van der Waals surface area contributed by atoms with Gasteiger partial charge in [-0.3, -0.25) is 0 Å². The second kappa shape index (κ2) is 7.35. The second-order valence-corrected chi connectivity index (χ2v) is 4.07. The van der Waals surface area contributed by atoms with Gasteiger partial charge in [0, 0.05) is 19.7 Å². The standard InChI is InChI=1S/C13H19F2NO/c1-3-4-11(9-17-2)16-8-10-5-6-12(14)13(15)7-10/h5-7,11,16H,3-4,8-9H2,1-2H3. The maximum absolute atomic E-state index is 13.0. The van der Waals surface area contributed by atoms with Crippen LogP contribution in [0.1, 0.15) is 25.3 Å². The molecule has 0 heterocycles. The van der Waals surface area contributed by atoms with Gasteiger partial charge in [-0.05, 0) is 24.1 Å². The summed E-state index contributed by atoms with van der Waals surface area (Å²) in [4.78, 5) is 0. The third-order valence-corrected chi connectivity index (χ3v) is 2.58. The molecule has 0 fully saturated rings. The van der Waals surface area contributed by atoms with Crippen LogP contribution in [0.2, 0.25) is 0 Å². The Bertz CT molecular complexity index is 338. The normalized spacial score (nSPS) is 12.7. The molecule has 0 radical (unpaired) electrons. The summed E-state index contributed by atoms with van der Waals surface area (Å²) in [6, 6.07) is 4.20. The van der Waals surface area contributed by atoms with E-state index in [1.54, 1.807) is 13.2 Å². The largest absolute Gasteiger partial charge is 0.383 e. The lowest BCUT2D eigenvalue weighted by atomic mass is 10.1. The van der Waals surface area contributed by atoms with Crippen molar-refractivity contribution in [2.24, 2.45) is 0 Å². The number of hydrogen-bond acceptors (Lipinski definition) is 2. The third kappa shape index (κ3) is 4.79. The number of rotatable bonds is 7. The van der Waals surface area contributed by atoms with Gasteiger partial charge in [0.05, 0.1) is 6.61 Å². The summed E-state index contributed by atoms with van der Waals surface area (Å²) in [5, 5.41) is 3.27. The molecule has 1 unspecified atom stereocenters. The smallest absolute Gasteiger partial charge is 0.159 e. The van der Waals surface area contributed by atoms with Crippen LogP contribution >= 0.6 is 0 Å². The summed E-state index contributed by atoms with van der Waals surface area (Å²) in [5.74, 6) is -1.61. The zero-order chi connectivity index (χ0) is 12.7.